The summed E-state index contributed by atoms with van der Waals surface area (Å²) in [7, 11) is 1.63. The zero-order valence-electron chi connectivity index (χ0n) is 17.3. The molecule has 0 saturated heterocycles. The largest absolute Gasteiger partial charge is 0.493 e. The molecule has 7 heteroatoms. The summed E-state index contributed by atoms with van der Waals surface area (Å²) in [5.41, 5.74) is 9.85. The molecular formula is C23H27N3O4. The molecule has 1 fully saturated rings. The number of anilines is 1. The second-order valence-electron chi connectivity index (χ2n) is 7.05. The lowest BCUT2D eigenvalue weighted by molar-refractivity contribution is 0.119. The fourth-order valence-corrected chi connectivity index (χ4v) is 3.40. The molecule has 30 heavy (non-hydrogen) atoms. The number of hydrazone groups is 1. The van der Waals surface area contributed by atoms with E-state index in [0.717, 1.165) is 18.4 Å². The van der Waals surface area contributed by atoms with Gasteiger partial charge in [0.15, 0.2) is 11.5 Å². The molecule has 0 aromatic heterocycles. The van der Waals surface area contributed by atoms with Crippen LogP contribution >= 0.6 is 0 Å². The number of cyclic esters (lactones) is 1. The highest BCUT2D eigenvalue weighted by molar-refractivity contribution is 6.06. The van der Waals surface area contributed by atoms with E-state index in [4.69, 9.17) is 19.9 Å². The van der Waals surface area contributed by atoms with Gasteiger partial charge >= 0.3 is 6.09 Å². The number of ether oxygens (including phenoxy) is 3. The number of benzene rings is 1. The van der Waals surface area contributed by atoms with Crippen LogP contribution in [0, 0.1) is 12.1 Å². The normalized spacial score (nSPS) is 18.1. The molecule has 158 valence electrons. The quantitative estimate of drug-likeness (QED) is 0.775. The van der Waals surface area contributed by atoms with Gasteiger partial charge in [0.05, 0.1) is 18.9 Å². The van der Waals surface area contributed by atoms with Gasteiger partial charge in [-0.25, -0.2) is 10.2 Å². The van der Waals surface area contributed by atoms with Gasteiger partial charge < -0.3 is 19.9 Å². The lowest BCUT2D eigenvalue weighted by atomic mass is 10.0. The number of methoxy groups -OCH3 is 1. The molecule has 1 amide bonds. The van der Waals surface area contributed by atoms with Crippen LogP contribution in [0.3, 0.4) is 0 Å². The van der Waals surface area contributed by atoms with Crippen molar-refractivity contribution < 1.29 is 19.0 Å². The van der Waals surface area contributed by atoms with Crippen molar-refractivity contribution in [3.63, 3.8) is 0 Å². The average molecular weight is 409 g/mol. The summed E-state index contributed by atoms with van der Waals surface area (Å²) < 4.78 is 16.8. The first-order valence-electron chi connectivity index (χ1n) is 10.1. The molecule has 1 atom stereocenters. The predicted octanol–water partition coefficient (Wildman–Crippen LogP) is 4.11. The van der Waals surface area contributed by atoms with E-state index in [-0.39, 0.29) is 12.2 Å². The molecule has 1 saturated carbocycles. The minimum absolute atomic E-state index is 0.241. The fraction of sp³-hybridized carbons (Fsp3) is 0.391. The maximum atomic E-state index is 11.3. The summed E-state index contributed by atoms with van der Waals surface area (Å²) in [6, 6.07) is 16.4. The van der Waals surface area contributed by atoms with Crippen molar-refractivity contribution in [1.82, 2.24) is 5.43 Å². The number of carbonyl (C=O) groups is 1. The van der Waals surface area contributed by atoms with Crippen LogP contribution in [0.1, 0.15) is 44.6 Å². The van der Waals surface area contributed by atoms with E-state index >= 15 is 0 Å². The first kappa shape index (κ1) is 21.3. The minimum atomic E-state index is -0.517. The number of amides is 1. The highest BCUT2D eigenvalue weighted by Gasteiger charge is 2.26. The Hall–Kier alpha value is -3.40. The van der Waals surface area contributed by atoms with Crippen molar-refractivity contribution in [2.24, 2.45) is 5.10 Å². The lowest BCUT2D eigenvalue weighted by Crippen LogP contribution is -2.38. The lowest BCUT2D eigenvalue weighted by Gasteiger charge is -2.23. The Balaban J connectivity index is 0.000000310. The van der Waals surface area contributed by atoms with Gasteiger partial charge in [0.25, 0.3) is 0 Å². The van der Waals surface area contributed by atoms with Crippen LogP contribution < -0.4 is 20.6 Å². The highest BCUT2D eigenvalue weighted by Crippen LogP contribution is 2.33. The zero-order valence-corrected chi connectivity index (χ0v) is 17.3. The Morgan fingerprint density at radius 2 is 2.07 bits per heavy atom. The Labute approximate surface area is 177 Å². The number of nitrogens with zero attached hydrogens (tertiary/aromatic N) is 1. The molecule has 2 aromatic rings. The van der Waals surface area contributed by atoms with E-state index in [1.165, 1.54) is 12.8 Å². The zero-order chi connectivity index (χ0) is 21.3. The van der Waals surface area contributed by atoms with Crippen molar-refractivity contribution in [2.75, 3.05) is 12.8 Å². The van der Waals surface area contributed by atoms with Crippen molar-refractivity contribution in [1.29, 1.82) is 0 Å². The van der Waals surface area contributed by atoms with Gasteiger partial charge in [0.1, 0.15) is 11.8 Å². The van der Waals surface area contributed by atoms with Crippen molar-refractivity contribution >= 4 is 17.5 Å². The predicted molar refractivity (Wildman–Crippen MR) is 115 cm³/mol. The number of hydrogen-bond acceptors (Lipinski definition) is 6. The van der Waals surface area contributed by atoms with Crippen molar-refractivity contribution in [3.8, 4) is 11.5 Å². The van der Waals surface area contributed by atoms with Crippen molar-refractivity contribution in [3.05, 3.63) is 54.1 Å². The van der Waals surface area contributed by atoms with Gasteiger partial charge in [-0.2, -0.15) is 5.10 Å². The van der Waals surface area contributed by atoms with E-state index in [9.17, 15) is 4.79 Å². The third kappa shape index (κ3) is 5.57. The number of nitrogens with two attached hydrogens (primary N) is 1. The van der Waals surface area contributed by atoms with Crippen LogP contribution in [0.25, 0.3) is 0 Å². The number of rotatable bonds is 5. The van der Waals surface area contributed by atoms with Crippen LogP contribution in [-0.4, -0.2) is 31.1 Å². The molecule has 7 nitrogen and oxygen atoms in total. The summed E-state index contributed by atoms with van der Waals surface area (Å²) in [4.78, 5) is 11.3. The van der Waals surface area contributed by atoms with E-state index in [2.05, 4.69) is 22.7 Å². The Bertz CT molecular complexity index is 864. The molecule has 0 spiro atoms. The fourth-order valence-electron chi connectivity index (χ4n) is 3.40. The monoisotopic (exact) mass is 409 g/mol. The maximum Gasteiger partial charge on any atom is 0.428 e. The Morgan fingerprint density at radius 3 is 2.67 bits per heavy atom. The van der Waals surface area contributed by atoms with E-state index in [0.29, 0.717) is 29.3 Å². The SMILES string of the molecule is CCC1OC(=O)NN=C1c1ccc(OC)c(OC2CCCC2)c1.Nc1c#cccc1. The van der Waals surface area contributed by atoms with Crippen LogP contribution in [0.15, 0.2) is 41.5 Å². The van der Waals surface area contributed by atoms with Gasteiger partial charge in [0.2, 0.25) is 0 Å². The Kier molecular flexibility index (Phi) is 7.39. The third-order valence-corrected chi connectivity index (χ3v) is 4.92. The third-order valence-electron chi connectivity index (χ3n) is 4.92. The molecule has 2 aliphatic rings. The molecule has 0 radical (unpaired) electrons. The standard InChI is InChI=1S/C17H22N2O4.C6H5N/c1-3-13-16(18-19-17(20)23-13)11-8-9-14(21-2)15(10-11)22-12-6-4-5-7-12;7-6-4-2-1-3-5-6/h8-10,12-13H,3-7H2,1-2H3,(H,19,20);1-2,4H,7H2. The minimum Gasteiger partial charge on any atom is -0.493 e. The van der Waals surface area contributed by atoms with Crippen LogP contribution in [-0.2, 0) is 4.74 Å². The van der Waals surface area contributed by atoms with Gasteiger partial charge in [-0.3, -0.25) is 0 Å². The molecule has 3 N–H and O–H groups in total. The topological polar surface area (TPSA) is 95.2 Å². The number of nitrogen functional groups attached to an aromatic ring is 1. The summed E-state index contributed by atoms with van der Waals surface area (Å²) in [5.74, 6) is 1.42. The number of hydrogen-bond donors (Lipinski definition) is 2. The smallest absolute Gasteiger partial charge is 0.428 e. The van der Waals surface area contributed by atoms with E-state index < -0.39 is 6.09 Å². The van der Waals surface area contributed by atoms with Gasteiger partial charge in [0, 0.05) is 5.56 Å². The highest BCUT2D eigenvalue weighted by atomic mass is 16.6. The van der Waals surface area contributed by atoms with Crippen LogP contribution in [0.2, 0.25) is 0 Å². The molecule has 1 aliphatic heterocycles. The van der Waals surface area contributed by atoms with Crippen LogP contribution in [0.4, 0.5) is 10.5 Å². The van der Waals surface area contributed by atoms with Gasteiger partial charge in [-0.1, -0.05) is 19.1 Å². The number of carbonyl (C=O) groups excluding carboxylic acids is 1. The van der Waals surface area contributed by atoms with Gasteiger partial charge in [-0.15, -0.1) is 0 Å². The molecule has 1 aliphatic carbocycles. The average Bonchev–Trinajstić information content (AvgIpc) is 3.28. The second-order valence-corrected chi connectivity index (χ2v) is 7.05. The Morgan fingerprint density at radius 1 is 1.27 bits per heavy atom. The molecule has 0 bridgehead atoms. The van der Waals surface area contributed by atoms with Gasteiger partial charge in [-0.05, 0) is 68.5 Å². The molecule has 2 aromatic carbocycles. The van der Waals surface area contributed by atoms with E-state index in [1.807, 2.05) is 31.2 Å². The second kappa shape index (κ2) is 10.4. The summed E-state index contributed by atoms with van der Waals surface area (Å²) in [6.07, 6.45) is 4.60. The maximum absolute atomic E-state index is 11.3. The number of nitrogens with one attached hydrogen (secondary N) is 1. The summed E-state index contributed by atoms with van der Waals surface area (Å²) in [6.45, 7) is 1.96. The van der Waals surface area contributed by atoms with E-state index in [1.54, 1.807) is 19.2 Å². The summed E-state index contributed by atoms with van der Waals surface area (Å²) >= 11 is 0. The molecule has 4 rings (SSSR count). The molecule has 1 heterocycles. The molecule has 1 unspecified atom stereocenters. The van der Waals surface area contributed by atoms with Crippen LogP contribution in [0.5, 0.6) is 11.5 Å². The van der Waals surface area contributed by atoms with Crippen molar-refractivity contribution in [2.45, 2.75) is 51.2 Å². The summed E-state index contributed by atoms with van der Waals surface area (Å²) in [5, 5.41) is 4.16. The first-order valence-corrected chi connectivity index (χ1v) is 10.1. The molecular weight excluding hydrogens is 382 g/mol. The first-order chi connectivity index (χ1) is 14.6.